The van der Waals surface area contributed by atoms with E-state index in [2.05, 4.69) is 16.3 Å². The van der Waals surface area contributed by atoms with Crippen molar-refractivity contribution in [1.29, 1.82) is 0 Å². The second-order valence-electron chi connectivity index (χ2n) is 5.24. The molecule has 0 aromatic heterocycles. The minimum absolute atomic E-state index is 0.0169. The second-order valence-corrected chi connectivity index (χ2v) is 5.24. The molecule has 0 saturated carbocycles. The van der Waals surface area contributed by atoms with Crippen molar-refractivity contribution >= 4 is 17.4 Å². The second kappa shape index (κ2) is 6.13. The van der Waals surface area contributed by atoms with Crippen LogP contribution in [0.2, 0.25) is 0 Å². The number of ether oxygens (including phenoxy) is 1. The van der Waals surface area contributed by atoms with Gasteiger partial charge in [-0.3, -0.25) is 0 Å². The molecule has 5 nitrogen and oxygen atoms in total. The van der Waals surface area contributed by atoms with Gasteiger partial charge >= 0.3 is 6.03 Å². The Morgan fingerprint density at radius 3 is 2.50 bits per heavy atom. The Bertz CT molecular complexity index is 466. The summed E-state index contributed by atoms with van der Waals surface area (Å²) in [5.74, 6) is 0. The average molecular weight is 275 g/mol. The van der Waals surface area contributed by atoms with E-state index in [-0.39, 0.29) is 6.03 Å². The summed E-state index contributed by atoms with van der Waals surface area (Å²) in [6, 6.07) is 8.02. The molecule has 1 aromatic rings. The first-order valence-electron chi connectivity index (χ1n) is 7.32. The lowest BCUT2D eigenvalue weighted by molar-refractivity contribution is 0.123. The van der Waals surface area contributed by atoms with Gasteiger partial charge < -0.3 is 19.9 Å². The number of hydrogen-bond donors (Lipinski definition) is 1. The van der Waals surface area contributed by atoms with Crippen LogP contribution in [0.1, 0.15) is 12.8 Å². The number of para-hydroxylation sites is 2. The normalized spacial score (nSPS) is 19.2. The quantitative estimate of drug-likeness (QED) is 0.899. The van der Waals surface area contributed by atoms with E-state index in [1.807, 2.05) is 23.1 Å². The van der Waals surface area contributed by atoms with Crippen molar-refractivity contribution in [3.05, 3.63) is 24.3 Å². The zero-order valence-corrected chi connectivity index (χ0v) is 11.7. The summed E-state index contributed by atoms with van der Waals surface area (Å²) in [5, 5.41) is 3.05. The highest BCUT2D eigenvalue weighted by Crippen LogP contribution is 2.26. The van der Waals surface area contributed by atoms with E-state index >= 15 is 0 Å². The Labute approximate surface area is 119 Å². The number of anilines is 2. The molecule has 0 atom stereocenters. The lowest BCUT2D eigenvalue weighted by Gasteiger charge is -2.30. The van der Waals surface area contributed by atoms with Gasteiger partial charge in [-0.1, -0.05) is 12.1 Å². The summed E-state index contributed by atoms with van der Waals surface area (Å²) < 4.78 is 5.39. The predicted molar refractivity (Wildman–Crippen MR) is 79.3 cm³/mol. The van der Waals surface area contributed by atoms with Crippen LogP contribution in [-0.2, 0) is 4.74 Å². The minimum Gasteiger partial charge on any atom is -0.378 e. The summed E-state index contributed by atoms with van der Waals surface area (Å²) in [5.41, 5.74) is 1.98. The summed E-state index contributed by atoms with van der Waals surface area (Å²) in [6.07, 6.45) is 2.22. The molecule has 2 amide bonds. The van der Waals surface area contributed by atoms with Crippen LogP contribution in [0.3, 0.4) is 0 Å². The Balaban J connectivity index is 1.73. The number of amides is 2. The highest BCUT2D eigenvalue weighted by atomic mass is 16.5. The van der Waals surface area contributed by atoms with Gasteiger partial charge in [0, 0.05) is 26.2 Å². The number of nitrogens with zero attached hydrogens (tertiary/aromatic N) is 2. The lowest BCUT2D eigenvalue weighted by Crippen LogP contribution is -2.37. The fourth-order valence-electron chi connectivity index (χ4n) is 2.77. The number of carbonyl (C=O) groups excluding carboxylic acids is 1. The third kappa shape index (κ3) is 2.88. The summed E-state index contributed by atoms with van der Waals surface area (Å²) in [6.45, 7) is 4.97. The Kier molecular flexibility index (Phi) is 4.06. The number of carbonyl (C=O) groups is 1. The van der Waals surface area contributed by atoms with Crippen LogP contribution in [0, 0.1) is 0 Å². The molecule has 1 N–H and O–H groups in total. The van der Waals surface area contributed by atoms with Crippen LogP contribution in [0.15, 0.2) is 24.3 Å². The molecule has 3 rings (SSSR count). The van der Waals surface area contributed by atoms with E-state index in [4.69, 9.17) is 4.74 Å². The highest BCUT2D eigenvalue weighted by molar-refractivity contribution is 5.93. The molecule has 2 aliphatic heterocycles. The first kappa shape index (κ1) is 13.2. The maximum absolute atomic E-state index is 12.2. The van der Waals surface area contributed by atoms with Crippen LogP contribution in [-0.4, -0.2) is 50.3 Å². The number of benzene rings is 1. The summed E-state index contributed by atoms with van der Waals surface area (Å²) in [7, 11) is 0. The van der Waals surface area contributed by atoms with Crippen molar-refractivity contribution < 1.29 is 9.53 Å². The predicted octanol–water partition coefficient (Wildman–Crippen LogP) is 2.15. The zero-order valence-electron chi connectivity index (χ0n) is 11.7. The molecule has 0 aliphatic carbocycles. The van der Waals surface area contributed by atoms with Gasteiger partial charge in [-0.05, 0) is 25.0 Å². The molecule has 2 fully saturated rings. The Morgan fingerprint density at radius 1 is 1.05 bits per heavy atom. The number of rotatable bonds is 2. The molecule has 2 heterocycles. The smallest absolute Gasteiger partial charge is 0.321 e. The molecule has 0 spiro atoms. The SMILES string of the molecule is O=C(Nc1ccccc1N1CCOCC1)N1CCCC1. The van der Waals surface area contributed by atoms with Crippen molar-refractivity contribution in [2.24, 2.45) is 0 Å². The molecule has 5 heteroatoms. The largest absolute Gasteiger partial charge is 0.378 e. The van der Waals surface area contributed by atoms with Crippen molar-refractivity contribution in [2.75, 3.05) is 49.6 Å². The maximum Gasteiger partial charge on any atom is 0.321 e. The maximum atomic E-state index is 12.2. The van der Waals surface area contributed by atoms with Crippen molar-refractivity contribution in [1.82, 2.24) is 4.90 Å². The molecule has 0 radical (unpaired) electrons. The van der Waals surface area contributed by atoms with Gasteiger partial charge in [-0.2, -0.15) is 0 Å². The molecule has 2 aliphatic rings. The van der Waals surface area contributed by atoms with Gasteiger partial charge in [0.1, 0.15) is 0 Å². The highest BCUT2D eigenvalue weighted by Gasteiger charge is 2.20. The average Bonchev–Trinajstić information content (AvgIpc) is 3.03. The molecule has 1 aromatic carbocycles. The monoisotopic (exact) mass is 275 g/mol. The van der Waals surface area contributed by atoms with Crippen LogP contribution in [0.4, 0.5) is 16.2 Å². The third-order valence-corrected chi connectivity index (χ3v) is 3.89. The van der Waals surface area contributed by atoms with Gasteiger partial charge in [0.15, 0.2) is 0 Å². The van der Waals surface area contributed by atoms with Crippen molar-refractivity contribution in [3.8, 4) is 0 Å². The van der Waals surface area contributed by atoms with Gasteiger partial charge in [0.05, 0.1) is 24.6 Å². The fourth-order valence-corrected chi connectivity index (χ4v) is 2.77. The van der Waals surface area contributed by atoms with Crippen LogP contribution in [0.5, 0.6) is 0 Å². The topological polar surface area (TPSA) is 44.8 Å². The Hall–Kier alpha value is -1.75. The summed E-state index contributed by atoms with van der Waals surface area (Å²) in [4.78, 5) is 16.4. The minimum atomic E-state index is 0.0169. The van der Waals surface area contributed by atoms with Gasteiger partial charge in [-0.25, -0.2) is 4.79 Å². The van der Waals surface area contributed by atoms with Gasteiger partial charge in [0.2, 0.25) is 0 Å². The molecule has 20 heavy (non-hydrogen) atoms. The standard InChI is InChI=1S/C15H21N3O2/c19-15(18-7-3-4-8-18)16-13-5-1-2-6-14(13)17-9-11-20-12-10-17/h1-2,5-6H,3-4,7-12H2,(H,16,19). The van der Waals surface area contributed by atoms with Gasteiger partial charge in [0.25, 0.3) is 0 Å². The van der Waals surface area contributed by atoms with Crippen molar-refractivity contribution in [2.45, 2.75) is 12.8 Å². The van der Waals surface area contributed by atoms with E-state index in [0.29, 0.717) is 0 Å². The molecule has 108 valence electrons. The third-order valence-electron chi connectivity index (χ3n) is 3.89. The summed E-state index contributed by atoms with van der Waals surface area (Å²) >= 11 is 0. The molecule has 2 saturated heterocycles. The Morgan fingerprint density at radius 2 is 1.75 bits per heavy atom. The first-order chi connectivity index (χ1) is 9.84. The number of nitrogens with one attached hydrogen (secondary N) is 1. The van der Waals surface area contributed by atoms with Crippen LogP contribution in [0.25, 0.3) is 0 Å². The van der Waals surface area contributed by atoms with E-state index < -0.39 is 0 Å². The number of likely N-dealkylation sites (tertiary alicyclic amines) is 1. The fraction of sp³-hybridized carbons (Fsp3) is 0.533. The van der Waals surface area contributed by atoms with E-state index in [1.165, 1.54) is 0 Å². The molecular weight excluding hydrogens is 254 g/mol. The zero-order chi connectivity index (χ0) is 13.8. The molecular formula is C15H21N3O2. The number of morpholine rings is 1. The first-order valence-corrected chi connectivity index (χ1v) is 7.32. The van der Waals surface area contributed by atoms with Crippen molar-refractivity contribution in [3.63, 3.8) is 0 Å². The van der Waals surface area contributed by atoms with Crippen LogP contribution < -0.4 is 10.2 Å². The van der Waals surface area contributed by atoms with E-state index in [0.717, 1.165) is 63.6 Å². The number of urea groups is 1. The lowest BCUT2D eigenvalue weighted by atomic mass is 10.2. The van der Waals surface area contributed by atoms with Gasteiger partial charge in [-0.15, -0.1) is 0 Å². The van der Waals surface area contributed by atoms with Crippen LogP contribution >= 0.6 is 0 Å². The molecule has 0 bridgehead atoms. The van der Waals surface area contributed by atoms with E-state index in [1.54, 1.807) is 0 Å². The van der Waals surface area contributed by atoms with E-state index in [9.17, 15) is 4.79 Å². The number of hydrogen-bond acceptors (Lipinski definition) is 3. The molecule has 0 unspecified atom stereocenters.